The Morgan fingerprint density at radius 2 is 1.65 bits per heavy atom. The van der Waals surface area contributed by atoms with Crippen LogP contribution in [0.4, 0.5) is 24.2 Å². The molecule has 2 aromatic heterocycles. The zero-order valence-electron chi connectivity index (χ0n) is 30.1. The number of nitrogens with one attached hydrogen (secondary N) is 3. The lowest BCUT2D eigenvalue weighted by molar-refractivity contribution is -0.120. The molecule has 0 aliphatic heterocycles. The molecule has 52 heavy (non-hydrogen) atoms. The van der Waals surface area contributed by atoms with Gasteiger partial charge in [-0.25, -0.2) is 28.3 Å². The van der Waals surface area contributed by atoms with Gasteiger partial charge in [0.15, 0.2) is 11.6 Å². The highest BCUT2D eigenvalue weighted by Crippen LogP contribution is 2.29. The summed E-state index contributed by atoms with van der Waals surface area (Å²) in [6.07, 6.45) is 2.72. The summed E-state index contributed by atoms with van der Waals surface area (Å²) in [5.41, 5.74) is 12.1. The molecule has 0 unspecified atom stereocenters. The fourth-order valence-electron chi connectivity index (χ4n) is 5.85. The number of nitrogen functional groups attached to an aromatic ring is 1. The van der Waals surface area contributed by atoms with Gasteiger partial charge in [0.25, 0.3) is 5.91 Å². The number of para-hydroxylation sites is 1. The zero-order chi connectivity index (χ0) is 38.0. The smallest absolute Gasteiger partial charge is 0.408 e. The summed E-state index contributed by atoms with van der Waals surface area (Å²) in [5, 5.41) is 8.50. The highest BCUT2D eigenvalue weighted by atomic mass is 19.1. The molecular formula is C37H48F2N8O5. The number of halogens is 2. The van der Waals surface area contributed by atoms with Gasteiger partial charge in [0.1, 0.15) is 28.6 Å². The van der Waals surface area contributed by atoms with E-state index in [0.29, 0.717) is 30.7 Å². The summed E-state index contributed by atoms with van der Waals surface area (Å²) in [6.45, 7) is 8.05. The number of pyridine rings is 1. The maximum atomic E-state index is 15.2. The molecule has 4 aromatic rings. The number of aromatic nitrogens is 3. The SMILES string of the molecule is CCCCc1nc2c(N)nc3ccccc3c2n1CCCCNC(=O)c1cc(F)c(CC(=O)[C@H](CCCNC(N)=O)NC(=O)OC(C)(C)C)c(F)c1. The number of ketones is 1. The van der Waals surface area contributed by atoms with Crippen LogP contribution in [0.1, 0.15) is 88.0 Å². The van der Waals surface area contributed by atoms with Crippen LogP contribution < -0.4 is 27.4 Å². The second-order valence-electron chi connectivity index (χ2n) is 13.7. The van der Waals surface area contributed by atoms with Crippen LogP contribution in [0, 0.1) is 11.6 Å². The first-order valence-electron chi connectivity index (χ1n) is 17.5. The standard InChI is InChI=1S/C37H48F2N8O5/c1-5-6-15-30-46-31-32(23-12-7-8-13-27(23)44-33(31)40)47(30)18-10-9-16-42-34(49)22-19-25(38)24(26(39)20-22)21-29(48)28(14-11-17-43-35(41)50)45-36(51)52-37(2,3)4/h7-8,12-13,19-20,28H,5-6,9-11,14-18,21H2,1-4H3,(H2,40,44)(H,42,49)(H,45,51)(H3,41,43,50)/t28-/m0/s1. The Hall–Kier alpha value is -5.34. The predicted molar refractivity (Wildman–Crippen MR) is 195 cm³/mol. The third kappa shape index (κ3) is 10.6. The van der Waals surface area contributed by atoms with Gasteiger partial charge in [0.05, 0.1) is 17.1 Å². The number of urea groups is 1. The quantitative estimate of drug-likeness (QED) is 0.0887. The molecule has 0 saturated carbocycles. The van der Waals surface area contributed by atoms with E-state index in [2.05, 4.69) is 32.4 Å². The fraction of sp³-hybridized carbons (Fsp3) is 0.459. The van der Waals surface area contributed by atoms with Gasteiger partial charge >= 0.3 is 12.1 Å². The first-order valence-corrected chi connectivity index (χ1v) is 17.5. The van der Waals surface area contributed by atoms with Crippen molar-refractivity contribution in [2.75, 3.05) is 18.8 Å². The molecule has 1 atom stereocenters. The highest BCUT2D eigenvalue weighted by molar-refractivity contribution is 6.06. The van der Waals surface area contributed by atoms with Crippen LogP contribution in [0.3, 0.4) is 0 Å². The summed E-state index contributed by atoms with van der Waals surface area (Å²) in [5.74, 6) is -2.20. The van der Waals surface area contributed by atoms with Crippen molar-refractivity contribution >= 4 is 51.6 Å². The number of imidazole rings is 1. The van der Waals surface area contributed by atoms with Gasteiger partial charge in [-0.3, -0.25) is 9.59 Å². The van der Waals surface area contributed by atoms with E-state index < -0.39 is 59.1 Å². The molecule has 2 heterocycles. The number of benzene rings is 2. The minimum absolute atomic E-state index is 0.0427. The minimum atomic E-state index is -1.16. The van der Waals surface area contributed by atoms with Crippen molar-refractivity contribution in [2.45, 2.75) is 97.2 Å². The number of nitrogens with zero attached hydrogens (tertiary/aromatic N) is 3. The van der Waals surface area contributed by atoms with Crippen LogP contribution in [-0.4, -0.2) is 63.1 Å². The largest absolute Gasteiger partial charge is 0.444 e. The van der Waals surface area contributed by atoms with Gasteiger partial charge in [-0.05, 0) is 71.1 Å². The van der Waals surface area contributed by atoms with Crippen molar-refractivity contribution in [3.05, 3.63) is 65.0 Å². The van der Waals surface area contributed by atoms with E-state index in [4.69, 9.17) is 21.2 Å². The number of Topliss-reactive ketones (excluding diaryl/α,β-unsaturated/α-hetero) is 1. The monoisotopic (exact) mass is 722 g/mol. The van der Waals surface area contributed by atoms with Crippen molar-refractivity contribution < 1.29 is 32.7 Å². The van der Waals surface area contributed by atoms with E-state index in [0.717, 1.165) is 53.6 Å². The van der Waals surface area contributed by atoms with Gasteiger partial charge in [-0.1, -0.05) is 31.5 Å². The number of primary amides is 1. The maximum absolute atomic E-state index is 15.2. The van der Waals surface area contributed by atoms with Crippen LogP contribution in [0.5, 0.6) is 0 Å². The number of amides is 4. The van der Waals surface area contributed by atoms with Crippen molar-refractivity contribution in [3.8, 4) is 0 Å². The number of rotatable bonds is 17. The Balaban J connectivity index is 1.38. The minimum Gasteiger partial charge on any atom is -0.444 e. The topological polar surface area (TPSA) is 196 Å². The van der Waals surface area contributed by atoms with E-state index >= 15 is 8.78 Å². The van der Waals surface area contributed by atoms with Crippen LogP contribution >= 0.6 is 0 Å². The normalized spacial score (nSPS) is 12.1. The molecule has 0 aliphatic rings. The van der Waals surface area contributed by atoms with Crippen molar-refractivity contribution in [2.24, 2.45) is 5.73 Å². The van der Waals surface area contributed by atoms with E-state index in [1.807, 2.05) is 24.3 Å². The van der Waals surface area contributed by atoms with E-state index in [9.17, 15) is 19.2 Å². The molecule has 0 saturated heterocycles. The van der Waals surface area contributed by atoms with Gasteiger partial charge in [0, 0.05) is 49.0 Å². The lowest BCUT2D eigenvalue weighted by Crippen LogP contribution is -2.44. The number of nitrogens with two attached hydrogens (primary N) is 2. The van der Waals surface area contributed by atoms with Gasteiger partial charge in [0.2, 0.25) is 0 Å². The predicted octanol–water partition coefficient (Wildman–Crippen LogP) is 5.45. The molecule has 0 aliphatic carbocycles. The maximum Gasteiger partial charge on any atom is 0.408 e. The first-order chi connectivity index (χ1) is 24.7. The molecule has 4 rings (SSSR count). The number of hydrogen-bond acceptors (Lipinski definition) is 8. The number of carbonyl (C=O) groups is 4. The number of hydrogen-bond donors (Lipinski definition) is 5. The Morgan fingerprint density at radius 3 is 2.33 bits per heavy atom. The summed E-state index contributed by atoms with van der Waals surface area (Å²) in [7, 11) is 0. The molecule has 0 spiro atoms. The molecular weight excluding hydrogens is 674 g/mol. The third-order valence-electron chi connectivity index (χ3n) is 8.34. The Kier molecular flexibility index (Phi) is 13.5. The summed E-state index contributed by atoms with van der Waals surface area (Å²) >= 11 is 0. The number of unbranched alkanes of at least 4 members (excludes halogenated alkanes) is 2. The van der Waals surface area contributed by atoms with Gasteiger partial charge < -0.3 is 36.7 Å². The molecule has 0 bridgehead atoms. The fourth-order valence-corrected chi connectivity index (χ4v) is 5.85. The Bertz CT molecular complexity index is 1900. The third-order valence-corrected chi connectivity index (χ3v) is 8.34. The second-order valence-corrected chi connectivity index (χ2v) is 13.7. The number of alkyl carbamates (subject to hydrolysis) is 1. The summed E-state index contributed by atoms with van der Waals surface area (Å²) in [4.78, 5) is 58.8. The van der Waals surface area contributed by atoms with Crippen LogP contribution in [0.15, 0.2) is 36.4 Å². The van der Waals surface area contributed by atoms with Gasteiger partial charge in [-0.15, -0.1) is 0 Å². The molecule has 7 N–H and O–H groups in total. The number of anilines is 1. The van der Waals surface area contributed by atoms with E-state index in [-0.39, 0.29) is 31.5 Å². The molecule has 13 nitrogen and oxygen atoms in total. The molecule has 0 fully saturated rings. The highest BCUT2D eigenvalue weighted by Gasteiger charge is 2.27. The molecule has 15 heteroatoms. The molecule has 0 radical (unpaired) electrons. The second kappa shape index (κ2) is 17.7. The Labute approximate surface area is 301 Å². The average molecular weight is 723 g/mol. The van der Waals surface area contributed by atoms with Crippen LogP contribution in [0.2, 0.25) is 0 Å². The molecule has 280 valence electrons. The van der Waals surface area contributed by atoms with Crippen molar-refractivity contribution in [1.29, 1.82) is 0 Å². The number of aryl methyl sites for hydroxylation is 2. The number of ether oxygens (including phenoxy) is 1. The Morgan fingerprint density at radius 1 is 0.962 bits per heavy atom. The van der Waals surface area contributed by atoms with Crippen molar-refractivity contribution in [1.82, 2.24) is 30.5 Å². The zero-order valence-corrected chi connectivity index (χ0v) is 30.1. The summed E-state index contributed by atoms with van der Waals surface area (Å²) < 4.78 is 37.8. The van der Waals surface area contributed by atoms with Crippen molar-refractivity contribution in [3.63, 3.8) is 0 Å². The lowest BCUT2D eigenvalue weighted by Gasteiger charge is -2.23. The summed E-state index contributed by atoms with van der Waals surface area (Å²) in [6, 6.07) is 7.61. The van der Waals surface area contributed by atoms with E-state index in [1.165, 1.54) is 0 Å². The number of carbonyl (C=O) groups excluding carboxylic acids is 4. The van der Waals surface area contributed by atoms with Crippen LogP contribution in [-0.2, 0) is 28.9 Å². The molecule has 2 aromatic carbocycles. The van der Waals surface area contributed by atoms with Gasteiger partial charge in [-0.2, -0.15) is 0 Å². The number of fused-ring (bicyclic) bond motifs is 3. The van der Waals surface area contributed by atoms with E-state index in [1.54, 1.807) is 20.8 Å². The molecule has 4 amide bonds. The first kappa shape index (κ1) is 39.4. The lowest BCUT2D eigenvalue weighted by atomic mass is 9.98. The van der Waals surface area contributed by atoms with Crippen LogP contribution in [0.25, 0.3) is 21.9 Å². The average Bonchev–Trinajstić information content (AvgIpc) is 3.44.